The minimum atomic E-state index is -0.769. The number of aromatic nitrogens is 1. The second kappa shape index (κ2) is 6.70. The van der Waals surface area contributed by atoms with Crippen LogP contribution >= 0.6 is 11.6 Å². The van der Waals surface area contributed by atoms with Gasteiger partial charge in [-0.15, -0.1) is 0 Å². The van der Waals surface area contributed by atoms with Crippen LogP contribution in [0.4, 0.5) is 0 Å². The lowest BCUT2D eigenvalue weighted by Crippen LogP contribution is -2.20. The van der Waals surface area contributed by atoms with Crippen LogP contribution in [0.15, 0.2) is 42.7 Å². The van der Waals surface area contributed by atoms with E-state index in [9.17, 15) is 5.11 Å². The number of pyridine rings is 1. The fraction of sp³-hybridized carbons (Fsp3) is 0.267. The summed E-state index contributed by atoms with van der Waals surface area (Å²) in [5, 5.41) is 11.2. The van der Waals surface area contributed by atoms with Crippen molar-refractivity contribution in [2.24, 2.45) is 5.73 Å². The van der Waals surface area contributed by atoms with E-state index in [-0.39, 0.29) is 5.92 Å². The zero-order valence-corrected chi connectivity index (χ0v) is 11.9. The average Bonchev–Trinajstić information content (AvgIpc) is 2.48. The van der Waals surface area contributed by atoms with Crippen molar-refractivity contribution < 1.29 is 9.84 Å². The summed E-state index contributed by atoms with van der Waals surface area (Å²) in [4.78, 5) is 3.97. The number of ether oxygens (including phenoxy) is 1. The van der Waals surface area contributed by atoms with Crippen molar-refractivity contribution in [3.63, 3.8) is 0 Å². The normalized spacial score (nSPS) is 13.8. The fourth-order valence-corrected chi connectivity index (χ4v) is 2.37. The smallest absolute Gasteiger partial charge is 0.126 e. The number of hydrogen-bond acceptors (Lipinski definition) is 4. The Morgan fingerprint density at radius 3 is 2.60 bits per heavy atom. The Balaban J connectivity index is 2.36. The molecule has 0 radical (unpaired) electrons. The van der Waals surface area contributed by atoms with Gasteiger partial charge in [0.1, 0.15) is 5.75 Å². The van der Waals surface area contributed by atoms with Gasteiger partial charge in [-0.1, -0.05) is 17.7 Å². The van der Waals surface area contributed by atoms with E-state index < -0.39 is 6.10 Å². The van der Waals surface area contributed by atoms with E-state index in [1.54, 1.807) is 37.7 Å². The van der Waals surface area contributed by atoms with Gasteiger partial charge < -0.3 is 15.6 Å². The first kappa shape index (κ1) is 14.8. The maximum Gasteiger partial charge on any atom is 0.126 e. The molecule has 2 atom stereocenters. The van der Waals surface area contributed by atoms with Crippen molar-refractivity contribution in [3.05, 3.63) is 58.9 Å². The molecule has 0 bridgehead atoms. The first-order valence-electron chi connectivity index (χ1n) is 6.29. The summed E-state index contributed by atoms with van der Waals surface area (Å²) in [6, 6.07) is 8.87. The molecule has 4 nitrogen and oxygen atoms in total. The molecule has 0 spiro atoms. The third-order valence-corrected chi connectivity index (χ3v) is 3.52. The third-order valence-electron chi connectivity index (χ3n) is 3.28. The molecule has 106 valence electrons. The topological polar surface area (TPSA) is 68.4 Å². The van der Waals surface area contributed by atoms with Crippen LogP contribution < -0.4 is 10.5 Å². The van der Waals surface area contributed by atoms with E-state index in [2.05, 4.69) is 4.98 Å². The largest absolute Gasteiger partial charge is 0.496 e. The van der Waals surface area contributed by atoms with E-state index in [1.165, 1.54) is 0 Å². The molecule has 0 saturated carbocycles. The second-order valence-electron chi connectivity index (χ2n) is 4.45. The Bertz CT molecular complexity index is 563. The molecular weight excluding hydrogens is 276 g/mol. The molecule has 2 unspecified atom stereocenters. The minimum Gasteiger partial charge on any atom is -0.496 e. The molecule has 0 amide bonds. The van der Waals surface area contributed by atoms with Crippen LogP contribution in [-0.2, 0) is 0 Å². The van der Waals surface area contributed by atoms with Gasteiger partial charge >= 0.3 is 0 Å². The highest BCUT2D eigenvalue weighted by Gasteiger charge is 2.24. The quantitative estimate of drug-likeness (QED) is 0.888. The molecule has 1 heterocycles. The molecule has 0 aliphatic carbocycles. The van der Waals surface area contributed by atoms with Gasteiger partial charge in [0.05, 0.1) is 13.2 Å². The van der Waals surface area contributed by atoms with Crippen LogP contribution in [0, 0.1) is 0 Å². The fourth-order valence-electron chi connectivity index (χ4n) is 2.20. The van der Waals surface area contributed by atoms with Crippen molar-refractivity contribution in [1.29, 1.82) is 0 Å². The van der Waals surface area contributed by atoms with Crippen LogP contribution in [0.25, 0.3) is 0 Å². The molecular formula is C15H17ClN2O2. The molecule has 5 heteroatoms. The summed E-state index contributed by atoms with van der Waals surface area (Å²) in [5.41, 5.74) is 7.42. The molecule has 0 aliphatic heterocycles. The van der Waals surface area contributed by atoms with Crippen molar-refractivity contribution in [2.75, 3.05) is 13.7 Å². The van der Waals surface area contributed by atoms with Gasteiger partial charge in [0.2, 0.25) is 0 Å². The highest BCUT2D eigenvalue weighted by molar-refractivity contribution is 6.30. The summed E-state index contributed by atoms with van der Waals surface area (Å²) < 4.78 is 5.28. The van der Waals surface area contributed by atoms with E-state index >= 15 is 0 Å². The zero-order chi connectivity index (χ0) is 14.5. The summed E-state index contributed by atoms with van der Waals surface area (Å²) in [5.74, 6) is 0.325. The molecule has 3 N–H and O–H groups in total. The molecule has 1 aromatic heterocycles. The van der Waals surface area contributed by atoms with Gasteiger partial charge in [-0.3, -0.25) is 4.98 Å². The Hall–Kier alpha value is -1.62. The standard InChI is InChI=1S/C15H17ClN2O2/c1-20-14-8-11(16)2-3-12(14)15(19)13(9-17)10-4-6-18-7-5-10/h2-8,13,15,19H,9,17H2,1H3. The maximum absolute atomic E-state index is 10.6. The van der Waals surface area contributed by atoms with Crippen LogP contribution in [0.1, 0.15) is 23.1 Å². The molecule has 2 aromatic rings. The summed E-state index contributed by atoms with van der Waals surface area (Å²) in [7, 11) is 1.55. The molecule has 0 aliphatic rings. The number of halogens is 1. The number of rotatable bonds is 5. The summed E-state index contributed by atoms with van der Waals surface area (Å²) in [6.07, 6.45) is 2.60. The summed E-state index contributed by atoms with van der Waals surface area (Å²) in [6.45, 7) is 0.316. The Kier molecular flexibility index (Phi) is 4.95. The van der Waals surface area contributed by atoms with E-state index in [1.807, 2.05) is 12.1 Å². The molecule has 2 rings (SSSR count). The SMILES string of the molecule is COc1cc(Cl)ccc1C(O)C(CN)c1ccncc1. The lowest BCUT2D eigenvalue weighted by Gasteiger charge is -2.23. The van der Waals surface area contributed by atoms with Gasteiger partial charge in [-0.25, -0.2) is 0 Å². The third kappa shape index (κ3) is 3.10. The summed E-state index contributed by atoms with van der Waals surface area (Å²) >= 11 is 5.94. The molecule has 1 aromatic carbocycles. The average molecular weight is 293 g/mol. The van der Waals surface area contributed by atoms with Crippen molar-refractivity contribution in [1.82, 2.24) is 4.98 Å². The Morgan fingerprint density at radius 2 is 2.00 bits per heavy atom. The lowest BCUT2D eigenvalue weighted by atomic mass is 9.89. The first-order chi connectivity index (χ1) is 9.67. The van der Waals surface area contributed by atoms with E-state index in [0.717, 1.165) is 5.56 Å². The van der Waals surface area contributed by atoms with Crippen molar-refractivity contribution in [2.45, 2.75) is 12.0 Å². The Morgan fingerprint density at radius 1 is 1.30 bits per heavy atom. The molecule has 0 fully saturated rings. The van der Waals surface area contributed by atoms with Crippen LogP contribution in [0.3, 0.4) is 0 Å². The lowest BCUT2D eigenvalue weighted by molar-refractivity contribution is 0.143. The van der Waals surface area contributed by atoms with E-state index in [4.69, 9.17) is 22.1 Å². The van der Waals surface area contributed by atoms with Gasteiger partial charge in [0, 0.05) is 35.4 Å². The van der Waals surface area contributed by atoms with Crippen molar-refractivity contribution >= 4 is 11.6 Å². The monoisotopic (exact) mass is 292 g/mol. The van der Waals surface area contributed by atoms with Crippen LogP contribution in [0.2, 0.25) is 5.02 Å². The second-order valence-corrected chi connectivity index (χ2v) is 4.89. The number of aliphatic hydroxyl groups is 1. The van der Waals surface area contributed by atoms with Gasteiger partial charge in [-0.05, 0) is 29.8 Å². The predicted octanol–water partition coefficient (Wildman–Crippen LogP) is 2.52. The highest BCUT2D eigenvalue weighted by atomic mass is 35.5. The number of nitrogens with zero attached hydrogens (tertiary/aromatic N) is 1. The van der Waals surface area contributed by atoms with Crippen LogP contribution in [0.5, 0.6) is 5.75 Å². The van der Waals surface area contributed by atoms with Crippen LogP contribution in [-0.4, -0.2) is 23.7 Å². The van der Waals surface area contributed by atoms with Gasteiger partial charge in [-0.2, -0.15) is 0 Å². The van der Waals surface area contributed by atoms with Gasteiger partial charge in [0.15, 0.2) is 0 Å². The van der Waals surface area contributed by atoms with E-state index in [0.29, 0.717) is 22.9 Å². The van der Waals surface area contributed by atoms with Crippen molar-refractivity contribution in [3.8, 4) is 5.75 Å². The maximum atomic E-state index is 10.6. The first-order valence-corrected chi connectivity index (χ1v) is 6.66. The molecule has 20 heavy (non-hydrogen) atoms. The minimum absolute atomic E-state index is 0.229. The number of aliphatic hydroxyl groups excluding tert-OH is 1. The Labute approximate surface area is 123 Å². The number of benzene rings is 1. The van der Waals surface area contributed by atoms with Gasteiger partial charge in [0.25, 0.3) is 0 Å². The number of hydrogen-bond donors (Lipinski definition) is 2. The zero-order valence-electron chi connectivity index (χ0n) is 11.2. The predicted molar refractivity (Wildman–Crippen MR) is 79.0 cm³/mol. The number of nitrogens with two attached hydrogens (primary N) is 1. The number of methoxy groups -OCH3 is 1. The molecule has 0 saturated heterocycles. The highest BCUT2D eigenvalue weighted by Crippen LogP contribution is 2.36.